The van der Waals surface area contributed by atoms with Gasteiger partial charge >= 0.3 is 0 Å². The Bertz CT molecular complexity index is 528. The van der Waals surface area contributed by atoms with Crippen LogP contribution in [0.5, 0.6) is 0 Å². The Morgan fingerprint density at radius 2 is 2.00 bits per heavy atom. The van der Waals surface area contributed by atoms with Gasteiger partial charge in [-0.25, -0.2) is 0 Å². The van der Waals surface area contributed by atoms with E-state index in [1.165, 1.54) is 0 Å². The van der Waals surface area contributed by atoms with Crippen molar-refractivity contribution < 1.29 is 9.59 Å². The number of nitrogens with one attached hydrogen (secondary N) is 1. The van der Waals surface area contributed by atoms with Crippen molar-refractivity contribution in [2.24, 2.45) is 5.92 Å². The molecular weight excluding hydrogens is 340 g/mol. The molecule has 0 bridgehead atoms. The van der Waals surface area contributed by atoms with Gasteiger partial charge in [-0.15, -0.1) is 12.6 Å². The molecule has 1 fully saturated rings. The van der Waals surface area contributed by atoms with Crippen LogP contribution in [0.25, 0.3) is 0 Å². The first-order valence-corrected chi connectivity index (χ1v) is 7.76. The molecular formula is C14H17BrN2O2S. The highest BCUT2D eigenvalue weighted by atomic mass is 79.9. The van der Waals surface area contributed by atoms with Crippen LogP contribution in [0.1, 0.15) is 23.2 Å². The minimum Gasteiger partial charge on any atom is -0.359 e. The molecule has 0 unspecified atom stereocenters. The van der Waals surface area contributed by atoms with Gasteiger partial charge in [0.25, 0.3) is 5.91 Å². The molecule has 0 radical (unpaired) electrons. The van der Waals surface area contributed by atoms with Crippen molar-refractivity contribution >= 4 is 40.4 Å². The van der Waals surface area contributed by atoms with Crippen LogP contribution in [-0.2, 0) is 4.79 Å². The molecule has 0 aromatic heterocycles. The van der Waals surface area contributed by atoms with Gasteiger partial charge in [-0.1, -0.05) is 0 Å². The first-order chi connectivity index (χ1) is 9.52. The quantitative estimate of drug-likeness (QED) is 0.799. The fourth-order valence-corrected chi connectivity index (χ4v) is 3.02. The van der Waals surface area contributed by atoms with E-state index in [0.717, 1.165) is 9.37 Å². The Kier molecular flexibility index (Phi) is 5.10. The van der Waals surface area contributed by atoms with Gasteiger partial charge in [-0.3, -0.25) is 9.59 Å². The number of hydrogen-bond donors (Lipinski definition) is 2. The molecule has 1 aliphatic rings. The maximum atomic E-state index is 12.5. The van der Waals surface area contributed by atoms with Crippen molar-refractivity contribution in [1.29, 1.82) is 0 Å². The van der Waals surface area contributed by atoms with E-state index in [2.05, 4.69) is 33.9 Å². The van der Waals surface area contributed by atoms with Crippen LogP contribution in [0.15, 0.2) is 27.6 Å². The van der Waals surface area contributed by atoms with Crippen molar-refractivity contribution in [3.8, 4) is 0 Å². The van der Waals surface area contributed by atoms with E-state index in [1.807, 2.05) is 12.1 Å². The van der Waals surface area contributed by atoms with Gasteiger partial charge in [0.1, 0.15) is 0 Å². The first kappa shape index (κ1) is 15.4. The van der Waals surface area contributed by atoms with Gasteiger partial charge < -0.3 is 10.2 Å². The maximum absolute atomic E-state index is 12.5. The van der Waals surface area contributed by atoms with Gasteiger partial charge in [0, 0.05) is 35.4 Å². The van der Waals surface area contributed by atoms with E-state index in [9.17, 15) is 9.59 Å². The third-order valence-electron chi connectivity index (χ3n) is 3.58. The number of carbonyl (C=O) groups excluding carboxylic acids is 2. The Hall–Kier alpha value is -1.01. The molecule has 1 aromatic carbocycles. The van der Waals surface area contributed by atoms with E-state index >= 15 is 0 Å². The summed E-state index contributed by atoms with van der Waals surface area (Å²) >= 11 is 7.67. The highest BCUT2D eigenvalue weighted by Crippen LogP contribution is 2.24. The second-order valence-corrected chi connectivity index (χ2v) is 6.22. The van der Waals surface area contributed by atoms with Gasteiger partial charge in [0.15, 0.2) is 0 Å². The number of nitrogens with zero attached hydrogens (tertiary/aromatic N) is 1. The number of rotatable bonds is 2. The highest BCUT2D eigenvalue weighted by Gasteiger charge is 2.27. The molecule has 20 heavy (non-hydrogen) atoms. The zero-order valence-corrected chi connectivity index (χ0v) is 13.7. The molecule has 0 aliphatic carbocycles. The Balaban J connectivity index is 2.05. The van der Waals surface area contributed by atoms with Crippen LogP contribution in [0, 0.1) is 5.92 Å². The first-order valence-electron chi connectivity index (χ1n) is 6.52. The number of likely N-dealkylation sites (tertiary alicyclic amines) is 1. The normalized spacial score (nSPS) is 16.1. The van der Waals surface area contributed by atoms with Gasteiger partial charge in [0.05, 0.1) is 5.56 Å². The predicted octanol–water partition coefficient (Wildman–Crippen LogP) is 2.34. The number of benzene rings is 1. The molecule has 0 spiro atoms. The largest absolute Gasteiger partial charge is 0.359 e. The van der Waals surface area contributed by atoms with Crippen molar-refractivity contribution in [1.82, 2.24) is 10.2 Å². The van der Waals surface area contributed by atoms with Gasteiger partial charge in [0.2, 0.25) is 5.91 Å². The number of piperidine rings is 1. The van der Waals surface area contributed by atoms with Crippen LogP contribution in [-0.4, -0.2) is 36.9 Å². The summed E-state index contributed by atoms with van der Waals surface area (Å²) in [6, 6.07) is 5.43. The number of carbonyl (C=O) groups is 2. The fourth-order valence-electron chi connectivity index (χ4n) is 2.40. The minimum absolute atomic E-state index is 0.0110. The molecule has 108 valence electrons. The minimum atomic E-state index is -0.0110. The summed E-state index contributed by atoms with van der Waals surface area (Å²) in [7, 11) is 1.65. The lowest BCUT2D eigenvalue weighted by molar-refractivity contribution is -0.125. The third-order valence-corrected chi connectivity index (χ3v) is 4.55. The predicted molar refractivity (Wildman–Crippen MR) is 84.1 cm³/mol. The summed E-state index contributed by atoms with van der Waals surface area (Å²) in [4.78, 5) is 26.6. The zero-order chi connectivity index (χ0) is 14.7. The standard InChI is InChI=1S/C14H17BrN2O2S/c1-16-13(18)9-4-6-17(7-5-9)14(19)11-8-10(20)2-3-12(11)15/h2-3,8-9,20H,4-7H2,1H3,(H,16,18). The van der Waals surface area contributed by atoms with Crippen molar-refractivity contribution in [2.45, 2.75) is 17.7 Å². The van der Waals surface area contributed by atoms with E-state index in [4.69, 9.17) is 0 Å². The van der Waals surface area contributed by atoms with E-state index in [0.29, 0.717) is 31.5 Å². The summed E-state index contributed by atoms with van der Waals surface area (Å²) in [6.45, 7) is 1.22. The third kappa shape index (κ3) is 3.35. The summed E-state index contributed by atoms with van der Waals surface area (Å²) in [5.41, 5.74) is 0.621. The number of amides is 2. The molecule has 4 nitrogen and oxygen atoms in total. The molecule has 1 aromatic rings. The fraction of sp³-hybridized carbons (Fsp3) is 0.429. The summed E-state index contributed by atoms with van der Waals surface area (Å²) in [5, 5.41) is 2.67. The van der Waals surface area contributed by atoms with Crippen LogP contribution in [0.2, 0.25) is 0 Å². The summed E-state index contributed by atoms with van der Waals surface area (Å²) < 4.78 is 0.772. The average molecular weight is 357 g/mol. The number of hydrogen-bond acceptors (Lipinski definition) is 3. The smallest absolute Gasteiger partial charge is 0.255 e. The summed E-state index contributed by atoms with van der Waals surface area (Å²) in [5.74, 6) is 0.0717. The molecule has 0 atom stereocenters. The van der Waals surface area contributed by atoms with E-state index in [1.54, 1.807) is 18.0 Å². The summed E-state index contributed by atoms with van der Waals surface area (Å²) in [6.07, 6.45) is 1.42. The van der Waals surface area contributed by atoms with Crippen molar-refractivity contribution in [3.05, 3.63) is 28.2 Å². The molecule has 1 N–H and O–H groups in total. The van der Waals surface area contributed by atoms with Crippen molar-refractivity contribution in [3.63, 3.8) is 0 Å². The molecule has 1 aliphatic heterocycles. The molecule has 1 heterocycles. The second-order valence-electron chi connectivity index (χ2n) is 4.84. The van der Waals surface area contributed by atoms with Crippen molar-refractivity contribution in [2.75, 3.05) is 20.1 Å². The van der Waals surface area contributed by atoms with Crippen LogP contribution >= 0.6 is 28.6 Å². The average Bonchev–Trinajstić information content (AvgIpc) is 2.48. The molecule has 0 saturated carbocycles. The van der Waals surface area contributed by atoms with Gasteiger partial charge in [-0.05, 0) is 47.0 Å². The topological polar surface area (TPSA) is 49.4 Å². The maximum Gasteiger partial charge on any atom is 0.255 e. The lowest BCUT2D eigenvalue weighted by Crippen LogP contribution is -2.42. The lowest BCUT2D eigenvalue weighted by Gasteiger charge is -2.31. The lowest BCUT2D eigenvalue weighted by atomic mass is 9.95. The Morgan fingerprint density at radius 1 is 1.35 bits per heavy atom. The van der Waals surface area contributed by atoms with E-state index in [-0.39, 0.29) is 17.7 Å². The monoisotopic (exact) mass is 356 g/mol. The highest BCUT2D eigenvalue weighted by molar-refractivity contribution is 9.10. The molecule has 6 heteroatoms. The Morgan fingerprint density at radius 3 is 2.60 bits per heavy atom. The SMILES string of the molecule is CNC(=O)C1CCN(C(=O)c2cc(S)ccc2Br)CC1. The molecule has 2 rings (SSSR count). The number of thiol groups is 1. The van der Waals surface area contributed by atoms with Gasteiger partial charge in [-0.2, -0.15) is 0 Å². The van der Waals surface area contributed by atoms with Crippen LogP contribution in [0.4, 0.5) is 0 Å². The van der Waals surface area contributed by atoms with Crippen LogP contribution < -0.4 is 5.32 Å². The number of halogens is 1. The zero-order valence-electron chi connectivity index (χ0n) is 11.2. The van der Waals surface area contributed by atoms with Crippen LogP contribution in [0.3, 0.4) is 0 Å². The molecule has 1 saturated heterocycles. The Labute approximate surface area is 132 Å². The molecule has 2 amide bonds. The van der Waals surface area contributed by atoms with E-state index < -0.39 is 0 Å². The second kappa shape index (κ2) is 6.63.